The van der Waals surface area contributed by atoms with Crippen LogP contribution < -0.4 is 10.6 Å². The summed E-state index contributed by atoms with van der Waals surface area (Å²) >= 11 is 0. The number of aliphatic carboxylic acids is 1. The van der Waals surface area contributed by atoms with Crippen molar-refractivity contribution < 1.29 is 19.5 Å². The van der Waals surface area contributed by atoms with Gasteiger partial charge in [0.05, 0.1) is 0 Å². The third-order valence-electron chi connectivity index (χ3n) is 10.0. The number of carbonyl (C=O) groups excluding carboxylic acids is 2. The molecule has 0 aromatic carbocycles. The van der Waals surface area contributed by atoms with Crippen molar-refractivity contribution in [2.45, 2.75) is 179 Å². The number of nitrogens with one attached hydrogen (secondary N) is 2. The molecule has 2 unspecified atom stereocenters. The van der Waals surface area contributed by atoms with E-state index in [1.165, 1.54) is 51.4 Å². The maximum Gasteiger partial charge on any atom is 0.303 e. The fourth-order valence-electron chi connectivity index (χ4n) is 6.19. The average molecular weight is 623 g/mol. The smallest absolute Gasteiger partial charge is 0.303 e. The molecule has 0 radical (unpaired) electrons. The summed E-state index contributed by atoms with van der Waals surface area (Å²) in [5.41, 5.74) is -0.887. The molecular formula is C38H74N2O4. The quantitative estimate of drug-likeness (QED) is 0.0934. The molecule has 0 aliphatic rings. The molecule has 260 valence electrons. The molecule has 0 saturated heterocycles. The van der Waals surface area contributed by atoms with Crippen molar-refractivity contribution in [3.63, 3.8) is 0 Å². The molecule has 0 heterocycles. The van der Waals surface area contributed by atoms with Crippen molar-refractivity contribution in [1.29, 1.82) is 0 Å². The number of carboxylic acids is 1. The van der Waals surface area contributed by atoms with Crippen LogP contribution in [0.5, 0.6) is 0 Å². The molecule has 6 heteroatoms. The van der Waals surface area contributed by atoms with Crippen LogP contribution in [0.4, 0.5) is 0 Å². The van der Waals surface area contributed by atoms with Gasteiger partial charge in [0, 0.05) is 31.3 Å². The summed E-state index contributed by atoms with van der Waals surface area (Å²) in [6, 6.07) is 0. The predicted molar refractivity (Wildman–Crippen MR) is 187 cm³/mol. The average Bonchev–Trinajstić information content (AvgIpc) is 2.89. The van der Waals surface area contributed by atoms with E-state index in [-0.39, 0.29) is 51.7 Å². The van der Waals surface area contributed by atoms with E-state index in [2.05, 4.69) is 86.8 Å². The largest absolute Gasteiger partial charge is 0.481 e. The zero-order valence-electron chi connectivity index (χ0n) is 31.1. The third kappa shape index (κ3) is 17.8. The van der Waals surface area contributed by atoms with Crippen molar-refractivity contribution in [2.24, 2.45) is 33.5 Å². The summed E-state index contributed by atoms with van der Waals surface area (Å²) in [6.07, 6.45) is 16.6. The molecule has 0 aliphatic heterocycles. The zero-order chi connectivity index (χ0) is 34.0. The van der Waals surface area contributed by atoms with Gasteiger partial charge in [-0.15, -0.1) is 0 Å². The fraction of sp³-hybridized carbons (Fsp3) is 0.921. The van der Waals surface area contributed by atoms with Gasteiger partial charge in [0.1, 0.15) is 0 Å². The molecular weight excluding hydrogens is 548 g/mol. The van der Waals surface area contributed by atoms with E-state index in [1.54, 1.807) is 0 Å². The summed E-state index contributed by atoms with van der Waals surface area (Å²) in [4.78, 5) is 38.1. The highest BCUT2D eigenvalue weighted by Gasteiger charge is 2.49. The SMILES string of the molecule is CCCCCCCCCCCCNC(=O)C(CC(C)(C)C(C)(C)C(CC(C)(C)C)C(=O)NCCCCCC(=O)O)C(C)(C)C. The highest BCUT2D eigenvalue weighted by atomic mass is 16.4. The standard InChI is InChI=1S/C38H74N2O4/c1-12-13-14-15-16-17-18-19-20-23-26-39-33(43)30(36(5,6)7)29-37(8,9)38(10,11)31(28-35(2,3)4)34(44)40-27-24-21-22-25-32(41)42/h30-31H,12-29H2,1-11H3,(H,39,43)(H,40,44)(H,41,42). The minimum Gasteiger partial charge on any atom is -0.481 e. The number of hydrogen-bond acceptors (Lipinski definition) is 3. The van der Waals surface area contributed by atoms with Crippen molar-refractivity contribution in [3.8, 4) is 0 Å². The Labute approximate surface area is 273 Å². The normalized spacial score (nSPS) is 14.2. The summed E-state index contributed by atoms with van der Waals surface area (Å²) in [5.74, 6) is -0.951. The molecule has 44 heavy (non-hydrogen) atoms. The van der Waals surface area contributed by atoms with Gasteiger partial charge in [-0.25, -0.2) is 0 Å². The van der Waals surface area contributed by atoms with Gasteiger partial charge in [-0.1, -0.05) is 140 Å². The van der Waals surface area contributed by atoms with Gasteiger partial charge >= 0.3 is 5.97 Å². The van der Waals surface area contributed by atoms with Crippen LogP contribution in [0.15, 0.2) is 0 Å². The summed E-state index contributed by atoms with van der Waals surface area (Å²) < 4.78 is 0. The Balaban J connectivity index is 5.27. The van der Waals surface area contributed by atoms with Crippen molar-refractivity contribution in [1.82, 2.24) is 10.6 Å². The molecule has 0 spiro atoms. The monoisotopic (exact) mass is 623 g/mol. The Morgan fingerprint density at radius 2 is 0.977 bits per heavy atom. The Morgan fingerprint density at radius 3 is 1.39 bits per heavy atom. The lowest BCUT2D eigenvalue weighted by molar-refractivity contribution is -0.138. The number of carboxylic acid groups (broad SMARTS) is 1. The van der Waals surface area contributed by atoms with Gasteiger partial charge < -0.3 is 15.7 Å². The first-order valence-corrected chi connectivity index (χ1v) is 18.0. The third-order valence-corrected chi connectivity index (χ3v) is 10.0. The van der Waals surface area contributed by atoms with Crippen LogP contribution in [0.2, 0.25) is 0 Å². The number of unbranched alkanes of at least 4 members (excludes halogenated alkanes) is 11. The van der Waals surface area contributed by atoms with Crippen LogP contribution >= 0.6 is 0 Å². The van der Waals surface area contributed by atoms with Crippen LogP contribution in [0, 0.1) is 33.5 Å². The molecule has 0 aromatic rings. The van der Waals surface area contributed by atoms with Gasteiger partial charge in [0.15, 0.2) is 0 Å². The summed E-state index contributed by atoms with van der Waals surface area (Å²) in [7, 11) is 0. The molecule has 0 aromatic heterocycles. The Bertz CT molecular complexity index is 820. The first-order valence-electron chi connectivity index (χ1n) is 18.0. The van der Waals surface area contributed by atoms with Crippen molar-refractivity contribution in [2.75, 3.05) is 13.1 Å². The molecule has 0 bridgehead atoms. The van der Waals surface area contributed by atoms with Gasteiger partial charge in [-0.3, -0.25) is 14.4 Å². The lowest BCUT2D eigenvalue weighted by Gasteiger charge is -2.50. The van der Waals surface area contributed by atoms with E-state index in [1.807, 2.05) is 0 Å². The second-order valence-corrected chi connectivity index (χ2v) is 17.0. The number of rotatable bonds is 24. The topological polar surface area (TPSA) is 95.5 Å². The van der Waals surface area contributed by atoms with Gasteiger partial charge in [0.2, 0.25) is 11.8 Å². The lowest BCUT2D eigenvalue weighted by Crippen LogP contribution is -2.50. The van der Waals surface area contributed by atoms with E-state index < -0.39 is 5.97 Å². The predicted octanol–water partition coefficient (Wildman–Crippen LogP) is 9.94. The first kappa shape index (κ1) is 42.4. The number of hydrogen-bond donors (Lipinski definition) is 3. The van der Waals surface area contributed by atoms with E-state index >= 15 is 0 Å². The molecule has 0 fully saturated rings. The molecule has 0 aliphatic carbocycles. The highest BCUT2D eigenvalue weighted by molar-refractivity contribution is 5.80. The van der Waals surface area contributed by atoms with Crippen LogP contribution in [0.1, 0.15) is 179 Å². The van der Waals surface area contributed by atoms with Crippen molar-refractivity contribution >= 4 is 17.8 Å². The highest BCUT2D eigenvalue weighted by Crippen LogP contribution is 2.53. The molecule has 3 N–H and O–H groups in total. The van der Waals surface area contributed by atoms with Crippen LogP contribution in [0.25, 0.3) is 0 Å². The second kappa shape index (κ2) is 20.5. The Hall–Kier alpha value is -1.59. The van der Waals surface area contributed by atoms with E-state index in [0.717, 1.165) is 38.6 Å². The van der Waals surface area contributed by atoms with Crippen LogP contribution in [0.3, 0.4) is 0 Å². The van der Waals surface area contributed by atoms with E-state index in [9.17, 15) is 14.4 Å². The minimum absolute atomic E-state index is 0.0350. The number of amides is 2. The van der Waals surface area contributed by atoms with E-state index in [4.69, 9.17) is 5.11 Å². The van der Waals surface area contributed by atoms with E-state index in [0.29, 0.717) is 19.4 Å². The summed E-state index contributed by atoms with van der Waals surface area (Å²) in [5, 5.41) is 15.3. The Morgan fingerprint density at radius 1 is 0.568 bits per heavy atom. The van der Waals surface area contributed by atoms with Crippen LogP contribution in [-0.2, 0) is 14.4 Å². The second-order valence-electron chi connectivity index (χ2n) is 17.0. The Kier molecular flexibility index (Phi) is 19.8. The fourth-order valence-corrected chi connectivity index (χ4v) is 6.19. The molecule has 2 amide bonds. The van der Waals surface area contributed by atoms with Crippen molar-refractivity contribution in [3.05, 3.63) is 0 Å². The molecule has 0 rings (SSSR count). The van der Waals surface area contributed by atoms with Gasteiger partial charge in [-0.2, -0.15) is 0 Å². The molecule has 0 saturated carbocycles. The maximum atomic E-state index is 13.7. The number of carbonyl (C=O) groups is 3. The molecule has 6 nitrogen and oxygen atoms in total. The maximum absolute atomic E-state index is 13.7. The minimum atomic E-state index is -0.774. The van der Waals surface area contributed by atoms with Gasteiger partial charge in [-0.05, 0) is 53.8 Å². The zero-order valence-corrected chi connectivity index (χ0v) is 31.1. The first-order chi connectivity index (χ1) is 20.3. The molecule has 2 atom stereocenters. The lowest BCUT2D eigenvalue weighted by atomic mass is 9.54. The van der Waals surface area contributed by atoms with Gasteiger partial charge in [0.25, 0.3) is 0 Å². The van der Waals surface area contributed by atoms with Crippen LogP contribution in [-0.4, -0.2) is 36.0 Å². The summed E-state index contributed by atoms with van der Waals surface area (Å²) in [6.45, 7) is 25.4.